The van der Waals surface area contributed by atoms with E-state index in [0.29, 0.717) is 22.2 Å². The second-order valence-electron chi connectivity index (χ2n) is 6.29. The maximum Gasteiger partial charge on any atom is 0.352 e. The number of anilines is 1. The fraction of sp³-hybridized carbons (Fsp3) is 0.263. The first kappa shape index (κ1) is 18.8. The molecule has 1 aliphatic heterocycles. The molecule has 0 radical (unpaired) electrons. The van der Waals surface area contributed by atoms with Gasteiger partial charge in [0.05, 0.1) is 16.8 Å². The van der Waals surface area contributed by atoms with Crippen molar-refractivity contribution in [3.63, 3.8) is 0 Å². The molecule has 7 heteroatoms. The van der Waals surface area contributed by atoms with Gasteiger partial charge in [-0.05, 0) is 30.2 Å². The average Bonchev–Trinajstić information content (AvgIpc) is 3.01. The van der Waals surface area contributed by atoms with Crippen molar-refractivity contribution < 1.29 is 9.90 Å². The van der Waals surface area contributed by atoms with Crippen LogP contribution in [0.3, 0.4) is 0 Å². The Morgan fingerprint density at radius 1 is 1.23 bits per heavy atom. The van der Waals surface area contributed by atoms with Gasteiger partial charge in [0.1, 0.15) is 0 Å². The molecule has 2 atom stereocenters. The van der Waals surface area contributed by atoms with Crippen LogP contribution < -0.4 is 10.5 Å². The quantitative estimate of drug-likeness (QED) is 0.783. The highest BCUT2D eigenvalue weighted by Gasteiger charge is 2.41. The molecule has 0 aromatic heterocycles. The van der Waals surface area contributed by atoms with Gasteiger partial charge in [0.25, 0.3) is 0 Å². The lowest BCUT2D eigenvalue weighted by atomic mass is 9.73. The lowest BCUT2D eigenvalue weighted by molar-refractivity contribution is -0.129. The van der Waals surface area contributed by atoms with E-state index in [0.717, 1.165) is 12.8 Å². The van der Waals surface area contributed by atoms with Crippen LogP contribution in [0.5, 0.6) is 0 Å². The Morgan fingerprint density at radius 2 is 1.92 bits per heavy atom. The molecule has 3 rings (SSSR count). The second kappa shape index (κ2) is 7.72. The molecule has 26 heavy (non-hydrogen) atoms. The van der Waals surface area contributed by atoms with Crippen molar-refractivity contribution in [1.82, 2.24) is 0 Å². The molecule has 0 spiro atoms. The van der Waals surface area contributed by atoms with Gasteiger partial charge in [-0.25, -0.2) is 4.79 Å². The summed E-state index contributed by atoms with van der Waals surface area (Å²) < 4.78 is 0. The minimum Gasteiger partial charge on any atom is -0.477 e. The van der Waals surface area contributed by atoms with Crippen molar-refractivity contribution in [1.29, 1.82) is 0 Å². The Bertz CT molecular complexity index is 855. The number of benzene rings is 2. The van der Waals surface area contributed by atoms with Crippen LogP contribution in [0.1, 0.15) is 24.9 Å². The predicted octanol–water partition coefficient (Wildman–Crippen LogP) is 4.13. The van der Waals surface area contributed by atoms with Gasteiger partial charge in [0, 0.05) is 10.9 Å². The van der Waals surface area contributed by atoms with Crippen molar-refractivity contribution in [2.75, 3.05) is 5.01 Å². The number of rotatable bonds is 5. The highest BCUT2D eigenvalue weighted by atomic mass is 35.5. The highest BCUT2D eigenvalue weighted by molar-refractivity contribution is 6.51. The number of carboxylic acids is 1. The van der Waals surface area contributed by atoms with Gasteiger partial charge in [-0.15, -0.1) is 0 Å². The Balaban J connectivity index is 2.11. The lowest BCUT2D eigenvalue weighted by Gasteiger charge is -2.28. The van der Waals surface area contributed by atoms with Crippen LogP contribution in [0.25, 0.3) is 0 Å². The van der Waals surface area contributed by atoms with E-state index in [9.17, 15) is 9.90 Å². The summed E-state index contributed by atoms with van der Waals surface area (Å²) in [6.45, 7) is 4.08. The Hall–Kier alpha value is -1.98. The molecule has 1 heterocycles. The van der Waals surface area contributed by atoms with E-state index in [1.165, 1.54) is 5.46 Å². The predicted molar refractivity (Wildman–Crippen MR) is 110 cm³/mol. The summed E-state index contributed by atoms with van der Waals surface area (Å²) in [4.78, 5) is 11.8. The highest BCUT2D eigenvalue weighted by Crippen LogP contribution is 2.43. The van der Waals surface area contributed by atoms with Crippen LogP contribution in [0.2, 0.25) is 16.9 Å². The summed E-state index contributed by atoms with van der Waals surface area (Å²) in [7, 11) is 0.950. The van der Waals surface area contributed by atoms with Gasteiger partial charge >= 0.3 is 5.97 Å². The molecule has 1 aliphatic rings. The third kappa shape index (κ3) is 3.46. The first-order valence-corrected chi connectivity index (χ1v) is 9.36. The number of aliphatic carboxylic acids is 1. The summed E-state index contributed by atoms with van der Waals surface area (Å²) in [5, 5.41) is 16.7. The number of carboxylic acid groups (broad SMARTS) is 1. The lowest BCUT2D eigenvalue weighted by Crippen LogP contribution is -2.28. The van der Waals surface area contributed by atoms with Crippen molar-refractivity contribution in [3.8, 4) is 0 Å². The number of halogens is 2. The van der Waals surface area contributed by atoms with E-state index >= 15 is 0 Å². The minimum absolute atomic E-state index is 0.156. The van der Waals surface area contributed by atoms with Crippen LogP contribution in [0.4, 0.5) is 5.69 Å². The van der Waals surface area contributed by atoms with Crippen molar-refractivity contribution >= 4 is 53.3 Å². The van der Waals surface area contributed by atoms with E-state index in [1.54, 1.807) is 23.2 Å². The van der Waals surface area contributed by atoms with E-state index in [-0.39, 0.29) is 17.7 Å². The molecule has 134 valence electrons. The number of hydrogen-bond donors (Lipinski definition) is 1. The van der Waals surface area contributed by atoms with Crippen molar-refractivity contribution in [2.24, 2.45) is 11.0 Å². The molecule has 0 aliphatic carbocycles. The van der Waals surface area contributed by atoms with Crippen LogP contribution in [-0.4, -0.2) is 24.1 Å². The van der Waals surface area contributed by atoms with Crippen LogP contribution in [0, 0.1) is 5.92 Å². The standard InChI is InChI=1S/C19H19BCl2N2O2/c1-3-14-17(19(25)26)23-24(16-9-8-13(21)10-15(16)22)18(14)11-4-6-12(20-2)7-5-11/h4-10,14,18,20H,3H2,1-2H3,(H,25,26)/t14-,18-/m0/s1. The molecular formula is C19H19BCl2N2O2. The molecular weight excluding hydrogens is 370 g/mol. The maximum atomic E-state index is 11.8. The van der Waals surface area contributed by atoms with Gasteiger partial charge in [0.15, 0.2) is 13.0 Å². The van der Waals surface area contributed by atoms with Crippen molar-refractivity contribution in [2.45, 2.75) is 26.2 Å². The maximum absolute atomic E-state index is 11.8. The first-order valence-electron chi connectivity index (χ1n) is 8.61. The molecule has 0 unspecified atom stereocenters. The SMILES string of the molecule is CBc1ccc([C@H]2[C@@H](CC)C(C(=O)O)=NN2c2ccc(Cl)cc2Cl)cc1. The fourth-order valence-corrected chi connectivity index (χ4v) is 3.88. The van der Waals surface area contributed by atoms with Crippen molar-refractivity contribution in [3.05, 3.63) is 58.1 Å². The normalized spacial score (nSPS) is 19.4. The number of carbonyl (C=O) groups is 1. The molecule has 0 bridgehead atoms. The second-order valence-corrected chi connectivity index (χ2v) is 7.13. The molecule has 0 fully saturated rings. The Labute approximate surface area is 163 Å². The zero-order valence-corrected chi connectivity index (χ0v) is 16.1. The molecule has 1 N–H and O–H groups in total. The summed E-state index contributed by atoms with van der Waals surface area (Å²) >= 11 is 12.4. The van der Waals surface area contributed by atoms with Gasteiger partial charge in [-0.1, -0.05) is 66.7 Å². The van der Waals surface area contributed by atoms with E-state index in [2.05, 4.69) is 24.1 Å². The minimum atomic E-state index is -1.00. The van der Waals surface area contributed by atoms with Gasteiger partial charge in [0.2, 0.25) is 0 Å². The summed E-state index contributed by atoms with van der Waals surface area (Å²) in [5.74, 6) is -1.23. The van der Waals surface area contributed by atoms with Crippen LogP contribution in [-0.2, 0) is 4.79 Å². The first-order chi connectivity index (χ1) is 12.5. The molecule has 2 aromatic rings. The molecule has 0 saturated heterocycles. The van der Waals surface area contributed by atoms with Gasteiger partial charge in [-0.2, -0.15) is 5.10 Å². The zero-order chi connectivity index (χ0) is 18.8. The number of hydrogen-bond acceptors (Lipinski definition) is 3. The molecule has 0 amide bonds. The summed E-state index contributed by atoms with van der Waals surface area (Å²) in [5.41, 5.74) is 3.05. The van der Waals surface area contributed by atoms with Crippen LogP contribution in [0.15, 0.2) is 47.6 Å². The Kier molecular flexibility index (Phi) is 5.59. The van der Waals surface area contributed by atoms with Gasteiger partial charge in [-0.3, -0.25) is 5.01 Å². The summed E-state index contributed by atoms with van der Waals surface area (Å²) in [6, 6.07) is 13.2. The molecule has 2 aromatic carbocycles. The van der Waals surface area contributed by atoms with E-state index in [1.807, 2.05) is 19.1 Å². The van der Waals surface area contributed by atoms with E-state index in [4.69, 9.17) is 23.2 Å². The van der Waals surface area contributed by atoms with E-state index < -0.39 is 5.97 Å². The van der Waals surface area contributed by atoms with Crippen LogP contribution >= 0.6 is 23.2 Å². The monoisotopic (exact) mass is 388 g/mol. The number of hydrazone groups is 1. The Morgan fingerprint density at radius 3 is 2.46 bits per heavy atom. The topological polar surface area (TPSA) is 52.9 Å². The smallest absolute Gasteiger partial charge is 0.352 e. The fourth-order valence-electron chi connectivity index (χ4n) is 3.39. The largest absolute Gasteiger partial charge is 0.477 e. The average molecular weight is 389 g/mol. The third-order valence-corrected chi connectivity index (χ3v) is 5.29. The third-order valence-electron chi connectivity index (χ3n) is 4.76. The summed E-state index contributed by atoms with van der Waals surface area (Å²) in [6.07, 6.45) is 0.660. The number of nitrogens with zero attached hydrogens (tertiary/aromatic N) is 2. The van der Waals surface area contributed by atoms with Gasteiger partial charge < -0.3 is 5.11 Å². The molecule has 4 nitrogen and oxygen atoms in total. The molecule has 0 saturated carbocycles. The zero-order valence-electron chi connectivity index (χ0n) is 14.6.